The minimum absolute atomic E-state index is 0.0405. The van der Waals surface area contributed by atoms with E-state index in [9.17, 15) is 14.4 Å². The molecule has 1 aromatic carbocycles. The van der Waals surface area contributed by atoms with Gasteiger partial charge in [0.2, 0.25) is 0 Å². The SMILES string of the molecule is CC(C)C[C@H](NC(=O)c1ccc(/C=C/C(=O)NO)cc1)C(=O)OC1CCCC1. The zero-order valence-corrected chi connectivity index (χ0v) is 16.3. The fraction of sp³-hybridized carbons (Fsp3) is 0.476. The molecule has 1 aliphatic rings. The van der Waals surface area contributed by atoms with Crippen molar-refractivity contribution in [3.63, 3.8) is 0 Å². The van der Waals surface area contributed by atoms with Crippen LogP contribution < -0.4 is 10.8 Å². The molecule has 0 saturated heterocycles. The molecular formula is C21H28N2O5. The molecule has 0 aliphatic heterocycles. The summed E-state index contributed by atoms with van der Waals surface area (Å²) >= 11 is 0. The van der Waals surface area contributed by atoms with E-state index in [0.29, 0.717) is 17.5 Å². The number of esters is 1. The first-order chi connectivity index (χ1) is 13.4. The fourth-order valence-corrected chi connectivity index (χ4v) is 3.13. The Morgan fingerprint density at radius 3 is 2.39 bits per heavy atom. The highest BCUT2D eigenvalue weighted by Gasteiger charge is 2.27. The molecule has 28 heavy (non-hydrogen) atoms. The molecule has 0 radical (unpaired) electrons. The van der Waals surface area contributed by atoms with Crippen molar-refractivity contribution in [2.45, 2.75) is 58.1 Å². The maximum absolute atomic E-state index is 12.6. The van der Waals surface area contributed by atoms with Gasteiger partial charge in [-0.1, -0.05) is 26.0 Å². The Balaban J connectivity index is 2.00. The maximum Gasteiger partial charge on any atom is 0.328 e. The van der Waals surface area contributed by atoms with Crippen molar-refractivity contribution < 1.29 is 24.3 Å². The third-order valence-corrected chi connectivity index (χ3v) is 4.59. The molecule has 1 aliphatic carbocycles. The fourth-order valence-electron chi connectivity index (χ4n) is 3.13. The number of nitrogens with one attached hydrogen (secondary N) is 2. The smallest absolute Gasteiger partial charge is 0.328 e. The number of rotatable bonds is 8. The summed E-state index contributed by atoms with van der Waals surface area (Å²) in [7, 11) is 0. The van der Waals surface area contributed by atoms with E-state index in [1.165, 1.54) is 17.6 Å². The van der Waals surface area contributed by atoms with Crippen LogP contribution in [-0.4, -0.2) is 35.1 Å². The summed E-state index contributed by atoms with van der Waals surface area (Å²) < 4.78 is 5.57. The predicted molar refractivity (Wildman–Crippen MR) is 104 cm³/mol. The lowest BCUT2D eigenvalue weighted by atomic mass is 10.0. The standard InChI is InChI=1S/C21H28N2O5/c1-14(2)13-18(21(26)28-17-5-3-4-6-17)22-20(25)16-10-7-15(8-11-16)9-12-19(24)23-27/h7-12,14,17-18,27H,3-6,13H2,1-2H3,(H,22,25)(H,23,24)/b12-9+/t18-/m0/s1. The molecule has 2 rings (SSSR count). The average Bonchev–Trinajstić information content (AvgIpc) is 3.18. The third-order valence-electron chi connectivity index (χ3n) is 4.59. The van der Waals surface area contributed by atoms with Crippen LogP contribution in [0.25, 0.3) is 6.08 Å². The Bertz CT molecular complexity index is 706. The minimum Gasteiger partial charge on any atom is -0.461 e. The molecule has 152 valence electrons. The number of hydrogen-bond acceptors (Lipinski definition) is 5. The van der Waals surface area contributed by atoms with Crippen LogP contribution in [0, 0.1) is 5.92 Å². The second kappa shape index (κ2) is 10.6. The van der Waals surface area contributed by atoms with Crippen molar-refractivity contribution in [1.29, 1.82) is 0 Å². The van der Waals surface area contributed by atoms with Gasteiger partial charge in [0, 0.05) is 11.6 Å². The summed E-state index contributed by atoms with van der Waals surface area (Å²) in [5.74, 6) is -1.13. The van der Waals surface area contributed by atoms with Crippen molar-refractivity contribution in [2.75, 3.05) is 0 Å². The number of carbonyl (C=O) groups excluding carboxylic acids is 3. The van der Waals surface area contributed by atoms with Gasteiger partial charge in [0.15, 0.2) is 0 Å². The first kappa shape index (κ1) is 21.6. The van der Waals surface area contributed by atoms with Crippen LogP contribution in [0.4, 0.5) is 0 Å². The van der Waals surface area contributed by atoms with E-state index < -0.39 is 11.9 Å². The monoisotopic (exact) mass is 388 g/mol. The second-order valence-electron chi connectivity index (χ2n) is 7.43. The summed E-state index contributed by atoms with van der Waals surface area (Å²) in [5.41, 5.74) is 2.61. The largest absolute Gasteiger partial charge is 0.461 e. The molecule has 2 amide bonds. The Morgan fingerprint density at radius 1 is 1.18 bits per heavy atom. The molecule has 0 spiro atoms. The van der Waals surface area contributed by atoms with Gasteiger partial charge in [0.1, 0.15) is 12.1 Å². The Morgan fingerprint density at radius 2 is 1.82 bits per heavy atom. The number of ether oxygens (including phenoxy) is 1. The lowest BCUT2D eigenvalue weighted by molar-refractivity contribution is -0.151. The van der Waals surface area contributed by atoms with Gasteiger partial charge in [-0.15, -0.1) is 0 Å². The molecule has 1 saturated carbocycles. The van der Waals surface area contributed by atoms with Gasteiger partial charge in [0.05, 0.1) is 0 Å². The normalized spacial score (nSPS) is 15.6. The molecule has 1 aromatic rings. The molecule has 0 unspecified atom stereocenters. The Kier molecular flexibility index (Phi) is 8.19. The van der Waals surface area contributed by atoms with Crippen LogP contribution >= 0.6 is 0 Å². The van der Waals surface area contributed by atoms with Gasteiger partial charge in [-0.25, -0.2) is 10.3 Å². The summed E-state index contributed by atoms with van der Waals surface area (Å²) in [4.78, 5) is 36.1. The number of carbonyl (C=O) groups is 3. The zero-order valence-electron chi connectivity index (χ0n) is 16.3. The number of hydroxylamine groups is 1. The van der Waals surface area contributed by atoms with E-state index in [1.807, 2.05) is 13.8 Å². The summed E-state index contributed by atoms with van der Waals surface area (Å²) in [6, 6.07) is 5.89. The first-order valence-electron chi connectivity index (χ1n) is 9.62. The number of amides is 2. The van der Waals surface area contributed by atoms with Crippen LogP contribution in [0.1, 0.15) is 61.9 Å². The van der Waals surface area contributed by atoms with E-state index in [-0.39, 0.29) is 23.9 Å². The zero-order chi connectivity index (χ0) is 20.5. The highest BCUT2D eigenvalue weighted by atomic mass is 16.5. The van der Waals surface area contributed by atoms with Gasteiger partial charge in [0.25, 0.3) is 11.8 Å². The molecule has 0 heterocycles. The van der Waals surface area contributed by atoms with Gasteiger partial charge >= 0.3 is 5.97 Å². The molecular weight excluding hydrogens is 360 g/mol. The third kappa shape index (κ3) is 6.81. The summed E-state index contributed by atoms with van der Waals surface area (Å²) in [5, 5.41) is 11.3. The van der Waals surface area contributed by atoms with Crippen molar-refractivity contribution in [2.24, 2.45) is 5.92 Å². The average molecular weight is 388 g/mol. The van der Waals surface area contributed by atoms with Crippen LogP contribution in [0.2, 0.25) is 0 Å². The van der Waals surface area contributed by atoms with Crippen molar-refractivity contribution in [3.8, 4) is 0 Å². The van der Waals surface area contributed by atoms with E-state index in [4.69, 9.17) is 9.94 Å². The molecule has 0 bridgehead atoms. The molecule has 0 aromatic heterocycles. The first-order valence-corrected chi connectivity index (χ1v) is 9.62. The van der Waals surface area contributed by atoms with Gasteiger partial charge < -0.3 is 10.1 Å². The van der Waals surface area contributed by atoms with E-state index in [2.05, 4.69) is 5.32 Å². The molecule has 7 nitrogen and oxygen atoms in total. The van der Waals surface area contributed by atoms with E-state index >= 15 is 0 Å². The van der Waals surface area contributed by atoms with Gasteiger partial charge in [-0.2, -0.15) is 0 Å². The molecule has 1 fully saturated rings. The second-order valence-corrected chi connectivity index (χ2v) is 7.43. The predicted octanol–water partition coefficient (Wildman–Crippen LogP) is 2.84. The number of hydrogen-bond donors (Lipinski definition) is 3. The van der Waals surface area contributed by atoms with Crippen molar-refractivity contribution in [1.82, 2.24) is 10.8 Å². The van der Waals surface area contributed by atoms with Gasteiger partial charge in [-0.05, 0) is 61.8 Å². The van der Waals surface area contributed by atoms with Crippen LogP contribution in [0.15, 0.2) is 30.3 Å². The topological polar surface area (TPSA) is 105 Å². The maximum atomic E-state index is 12.6. The minimum atomic E-state index is -0.680. The van der Waals surface area contributed by atoms with Gasteiger partial charge in [-0.3, -0.25) is 14.8 Å². The molecule has 7 heteroatoms. The van der Waals surface area contributed by atoms with Crippen LogP contribution in [0.5, 0.6) is 0 Å². The Hall–Kier alpha value is -2.67. The molecule has 1 atom stereocenters. The quantitative estimate of drug-likeness (QED) is 0.275. The summed E-state index contributed by atoms with van der Waals surface area (Å²) in [6.45, 7) is 3.98. The highest BCUT2D eigenvalue weighted by molar-refractivity contribution is 5.97. The molecule has 3 N–H and O–H groups in total. The lowest BCUT2D eigenvalue weighted by Gasteiger charge is -2.21. The van der Waals surface area contributed by atoms with Crippen molar-refractivity contribution in [3.05, 3.63) is 41.5 Å². The summed E-state index contributed by atoms with van der Waals surface area (Å²) in [6.07, 6.45) is 7.06. The Labute approximate surface area is 165 Å². The number of benzene rings is 1. The lowest BCUT2D eigenvalue weighted by Crippen LogP contribution is -2.43. The van der Waals surface area contributed by atoms with E-state index in [1.54, 1.807) is 24.3 Å². The van der Waals surface area contributed by atoms with Crippen LogP contribution in [0.3, 0.4) is 0 Å². The van der Waals surface area contributed by atoms with Crippen molar-refractivity contribution >= 4 is 23.9 Å². The van der Waals surface area contributed by atoms with E-state index in [0.717, 1.165) is 25.7 Å². The highest BCUT2D eigenvalue weighted by Crippen LogP contribution is 2.22. The van der Waals surface area contributed by atoms with Crippen LogP contribution in [-0.2, 0) is 14.3 Å².